The largest absolute Gasteiger partial charge is 0.444 e. The van der Waals surface area contributed by atoms with Crippen LogP contribution in [-0.2, 0) is 22.5 Å². The molecule has 0 saturated carbocycles. The van der Waals surface area contributed by atoms with E-state index in [-0.39, 0.29) is 12.0 Å². The van der Waals surface area contributed by atoms with Crippen LogP contribution in [0.15, 0.2) is 6.07 Å². The summed E-state index contributed by atoms with van der Waals surface area (Å²) in [5, 5.41) is 3.42. The van der Waals surface area contributed by atoms with E-state index in [0.717, 1.165) is 24.0 Å². The molecular weight excluding hydrogens is 394 g/mol. The van der Waals surface area contributed by atoms with E-state index in [1.54, 1.807) is 11.0 Å². The molecule has 29 heavy (non-hydrogen) atoms. The summed E-state index contributed by atoms with van der Waals surface area (Å²) >= 11 is 6.24. The Morgan fingerprint density at radius 3 is 2.66 bits per heavy atom. The van der Waals surface area contributed by atoms with Gasteiger partial charge in [0.15, 0.2) is 0 Å². The number of hydrogen-bond donors (Lipinski definition) is 2. The smallest absolute Gasteiger partial charge is 0.410 e. The Morgan fingerprint density at radius 2 is 2.00 bits per heavy atom. The van der Waals surface area contributed by atoms with Crippen LogP contribution < -0.4 is 11.1 Å². The van der Waals surface area contributed by atoms with E-state index in [9.17, 15) is 9.59 Å². The van der Waals surface area contributed by atoms with Gasteiger partial charge in [-0.1, -0.05) is 11.6 Å². The van der Waals surface area contributed by atoms with Crippen molar-refractivity contribution in [1.82, 2.24) is 10.2 Å². The summed E-state index contributed by atoms with van der Waals surface area (Å²) in [5.41, 5.74) is 8.40. The molecule has 1 fully saturated rings. The Hall–Kier alpha value is -1.99. The first-order valence-corrected chi connectivity index (χ1v) is 10.5. The van der Waals surface area contributed by atoms with Crippen molar-refractivity contribution in [1.29, 1.82) is 0 Å². The molecule has 0 spiro atoms. The number of nitrogens with zero attached hydrogens (tertiary/aromatic N) is 1. The summed E-state index contributed by atoms with van der Waals surface area (Å²) in [6.07, 6.45) is 2.03. The van der Waals surface area contributed by atoms with Gasteiger partial charge in [-0.3, -0.25) is 4.79 Å². The molecule has 1 aromatic carbocycles. The van der Waals surface area contributed by atoms with Crippen LogP contribution >= 0.6 is 11.6 Å². The number of hydrogen-bond acceptors (Lipinski definition) is 5. The van der Waals surface area contributed by atoms with Gasteiger partial charge in [-0.25, -0.2) is 4.79 Å². The third-order valence-electron chi connectivity index (χ3n) is 5.35. The molecule has 0 unspecified atom stereocenters. The predicted molar refractivity (Wildman–Crippen MR) is 112 cm³/mol. The molecule has 0 radical (unpaired) electrons. The highest BCUT2D eigenvalue weighted by Gasteiger charge is 2.28. The minimum Gasteiger partial charge on any atom is -0.444 e. The maximum atomic E-state index is 12.8. The molecule has 3 N–H and O–H groups in total. The van der Waals surface area contributed by atoms with Crippen molar-refractivity contribution in [3.8, 4) is 0 Å². The predicted octanol–water partition coefficient (Wildman–Crippen LogP) is 3.37. The summed E-state index contributed by atoms with van der Waals surface area (Å²) in [4.78, 5) is 26.7. The van der Waals surface area contributed by atoms with Gasteiger partial charge in [0.1, 0.15) is 5.60 Å². The zero-order valence-electron chi connectivity index (χ0n) is 17.3. The van der Waals surface area contributed by atoms with Gasteiger partial charge in [0.2, 0.25) is 0 Å². The number of amides is 2. The highest BCUT2D eigenvalue weighted by atomic mass is 35.5. The number of nitrogens with one attached hydrogen (secondary N) is 1. The number of benzene rings is 1. The fraction of sp³-hybridized carbons (Fsp3) is 0.619. The fourth-order valence-corrected chi connectivity index (χ4v) is 3.96. The SMILES string of the molecule is CC(C)(C)OC(=O)N1CCC(CNC(=O)c2cc(Cl)c(N)c3c2COCC3)CC1. The molecule has 2 aliphatic heterocycles. The topological polar surface area (TPSA) is 93.9 Å². The number of fused-ring (bicyclic) bond motifs is 1. The summed E-state index contributed by atoms with van der Waals surface area (Å²) in [7, 11) is 0. The van der Waals surface area contributed by atoms with E-state index >= 15 is 0 Å². The van der Waals surface area contributed by atoms with Gasteiger partial charge in [0.05, 0.1) is 23.9 Å². The van der Waals surface area contributed by atoms with E-state index < -0.39 is 5.60 Å². The van der Waals surface area contributed by atoms with E-state index in [0.29, 0.717) is 61.5 Å². The second kappa shape index (κ2) is 8.79. The fourth-order valence-electron chi connectivity index (χ4n) is 3.74. The van der Waals surface area contributed by atoms with Crippen LogP contribution in [0.5, 0.6) is 0 Å². The first-order valence-electron chi connectivity index (χ1n) is 10.1. The molecule has 7 nitrogen and oxygen atoms in total. The zero-order chi connectivity index (χ0) is 21.2. The van der Waals surface area contributed by atoms with Crippen molar-refractivity contribution in [2.45, 2.75) is 52.2 Å². The van der Waals surface area contributed by atoms with Gasteiger partial charge < -0.3 is 25.4 Å². The standard InChI is InChI=1S/C21H30ClN3O4/c1-21(2,3)29-20(27)25-7-4-13(5-8-25)11-24-19(26)15-10-17(22)18(23)14-6-9-28-12-16(14)15/h10,13H,4-9,11-12,23H2,1-3H3,(H,24,26). The molecule has 2 amide bonds. The third kappa shape index (κ3) is 5.34. The molecule has 0 atom stereocenters. The lowest BCUT2D eigenvalue weighted by molar-refractivity contribution is 0.0183. The Balaban J connectivity index is 1.55. The number of likely N-dealkylation sites (tertiary alicyclic amines) is 1. The molecule has 1 aromatic rings. The summed E-state index contributed by atoms with van der Waals surface area (Å²) in [6.45, 7) is 8.35. The first kappa shape index (κ1) is 21.7. The molecule has 3 rings (SSSR count). The van der Waals surface area contributed by atoms with Crippen LogP contribution in [0, 0.1) is 5.92 Å². The van der Waals surface area contributed by atoms with Crippen LogP contribution in [0.2, 0.25) is 5.02 Å². The Bertz CT molecular complexity index is 783. The number of halogens is 1. The molecule has 2 heterocycles. The third-order valence-corrected chi connectivity index (χ3v) is 5.66. The maximum Gasteiger partial charge on any atom is 0.410 e. The van der Waals surface area contributed by atoms with E-state index in [1.165, 1.54) is 0 Å². The molecule has 0 aromatic heterocycles. The molecule has 8 heteroatoms. The van der Waals surface area contributed by atoms with Crippen molar-refractivity contribution in [3.05, 3.63) is 27.8 Å². The van der Waals surface area contributed by atoms with Gasteiger partial charge >= 0.3 is 6.09 Å². The average Bonchev–Trinajstić information content (AvgIpc) is 2.68. The van der Waals surface area contributed by atoms with Crippen molar-refractivity contribution in [2.75, 3.05) is 32.0 Å². The number of carbonyl (C=O) groups is 2. The van der Waals surface area contributed by atoms with Crippen LogP contribution in [0.25, 0.3) is 0 Å². The summed E-state index contributed by atoms with van der Waals surface area (Å²) in [6, 6.07) is 1.63. The maximum absolute atomic E-state index is 12.8. The average molecular weight is 424 g/mol. The second-order valence-corrected chi connectivity index (χ2v) is 9.11. The molecular formula is C21H30ClN3O4. The van der Waals surface area contributed by atoms with Gasteiger partial charge in [-0.05, 0) is 63.1 Å². The highest BCUT2D eigenvalue weighted by molar-refractivity contribution is 6.33. The second-order valence-electron chi connectivity index (χ2n) is 8.70. The van der Waals surface area contributed by atoms with Crippen molar-refractivity contribution >= 4 is 29.3 Å². The van der Waals surface area contributed by atoms with Gasteiger partial charge in [0.25, 0.3) is 5.91 Å². The lowest BCUT2D eigenvalue weighted by Crippen LogP contribution is -2.43. The molecule has 2 aliphatic rings. The first-order chi connectivity index (χ1) is 13.7. The Kier molecular flexibility index (Phi) is 6.58. The minimum absolute atomic E-state index is 0.164. The quantitative estimate of drug-likeness (QED) is 0.727. The Labute approximate surface area is 176 Å². The number of rotatable bonds is 3. The Morgan fingerprint density at radius 1 is 1.31 bits per heavy atom. The van der Waals surface area contributed by atoms with E-state index in [2.05, 4.69) is 5.32 Å². The highest BCUT2D eigenvalue weighted by Crippen LogP contribution is 2.32. The lowest BCUT2D eigenvalue weighted by atomic mass is 9.94. The normalized spacial score (nSPS) is 17.6. The summed E-state index contributed by atoms with van der Waals surface area (Å²) in [5.74, 6) is 0.150. The minimum atomic E-state index is -0.495. The molecule has 1 saturated heterocycles. The molecule has 0 bridgehead atoms. The van der Waals surface area contributed by atoms with Crippen molar-refractivity contribution < 1.29 is 19.1 Å². The van der Waals surface area contributed by atoms with Crippen molar-refractivity contribution in [2.24, 2.45) is 5.92 Å². The van der Waals surface area contributed by atoms with Crippen LogP contribution in [-0.4, -0.2) is 48.7 Å². The van der Waals surface area contributed by atoms with Gasteiger partial charge in [-0.15, -0.1) is 0 Å². The van der Waals surface area contributed by atoms with Crippen LogP contribution in [0.1, 0.15) is 55.1 Å². The summed E-state index contributed by atoms with van der Waals surface area (Å²) < 4.78 is 10.9. The lowest BCUT2D eigenvalue weighted by Gasteiger charge is -2.33. The van der Waals surface area contributed by atoms with Crippen LogP contribution in [0.4, 0.5) is 10.5 Å². The number of piperidine rings is 1. The van der Waals surface area contributed by atoms with Gasteiger partial charge in [0, 0.05) is 25.2 Å². The number of anilines is 1. The van der Waals surface area contributed by atoms with Crippen molar-refractivity contribution in [3.63, 3.8) is 0 Å². The number of nitrogen functional groups attached to an aromatic ring is 1. The number of nitrogens with two attached hydrogens (primary N) is 1. The molecule has 0 aliphatic carbocycles. The number of ether oxygens (including phenoxy) is 2. The monoisotopic (exact) mass is 423 g/mol. The van der Waals surface area contributed by atoms with E-state index in [1.807, 2.05) is 20.8 Å². The van der Waals surface area contributed by atoms with Gasteiger partial charge in [-0.2, -0.15) is 0 Å². The number of carbonyl (C=O) groups excluding carboxylic acids is 2. The zero-order valence-corrected chi connectivity index (χ0v) is 18.1. The van der Waals surface area contributed by atoms with Crippen LogP contribution in [0.3, 0.4) is 0 Å². The molecule has 160 valence electrons. The van der Waals surface area contributed by atoms with E-state index in [4.69, 9.17) is 26.8 Å².